The SMILES string of the molecule is CC(F)(Cc1ccc(F)c(Cl)c1)CC1COCCN1. The summed E-state index contributed by atoms with van der Waals surface area (Å²) in [5, 5.41) is 3.27. The summed E-state index contributed by atoms with van der Waals surface area (Å²) in [6, 6.07) is 4.36. The van der Waals surface area contributed by atoms with Gasteiger partial charge < -0.3 is 10.1 Å². The van der Waals surface area contributed by atoms with E-state index in [9.17, 15) is 8.78 Å². The molecule has 0 aliphatic carbocycles. The Morgan fingerprint density at radius 1 is 1.53 bits per heavy atom. The van der Waals surface area contributed by atoms with Gasteiger partial charge in [0.15, 0.2) is 0 Å². The molecule has 5 heteroatoms. The van der Waals surface area contributed by atoms with Crippen LogP contribution in [0.15, 0.2) is 18.2 Å². The number of halogens is 3. The predicted molar refractivity (Wildman–Crippen MR) is 71.9 cm³/mol. The van der Waals surface area contributed by atoms with E-state index in [-0.39, 0.29) is 17.5 Å². The molecule has 1 fully saturated rings. The molecule has 2 unspecified atom stereocenters. The van der Waals surface area contributed by atoms with E-state index < -0.39 is 11.5 Å². The summed E-state index contributed by atoms with van der Waals surface area (Å²) in [5.74, 6) is -0.478. The highest BCUT2D eigenvalue weighted by atomic mass is 35.5. The third-order valence-corrected chi connectivity index (χ3v) is 3.52. The molecule has 1 aliphatic rings. The minimum atomic E-state index is -1.38. The highest BCUT2D eigenvalue weighted by Crippen LogP contribution is 2.26. The number of ether oxygens (including phenoxy) is 1. The van der Waals surface area contributed by atoms with Gasteiger partial charge >= 0.3 is 0 Å². The summed E-state index contributed by atoms with van der Waals surface area (Å²) in [7, 11) is 0. The summed E-state index contributed by atoms with van der Waals surface area (Å²) in [5.41, 5.74) is -0.674. The number of alkyl halides is 1. The van der Waals surface area contributed by atoms with E-state index in [1.807, 2.05) is 0 Å². The van der Waals surface area contributed by atoms with Crippen molar-refractivity contribution in [2.75, 3.05) is 19.8 Å². The van der Waals surface area contributed by atoms with Crippen LogP contribution in [0.4, 0.5) is 8.78 Å². The summed E-state index contributed by atoms with van der Waals surface area (Å²) in [6.07, 6.45) is 0.577. The molecule has 0 bridgehead atoms. The predicted octanol–water partition coefficient (Wildman–Crippen LogP) is 3.13. The molecule has 1 heterocycles. The fourth-order valence-corrected chi connectivity index (χ4v) is 2.62. The zero-order chi connectivity index (χ0) is 13.9. The van der Waals surface area contributed by atoms with Crippen LogP contribution in [0.25, 0.3) is 0 Å². The van der Waals surface area contributed by atoms with Gasteiger partial charge in [-0.15, -0.1) is 0 Å². The third-order valence-electron chi connectivity index (χ3n) is 3.23. The molecule has 0 radical (unpaired) electrons. The first kappa shape index (κ1) is 14.7. The van der Waals surface area contributed by atoms with Crippen molar-refractivity contribution in [3.05, 3.63) is 34.6 Å². The van der Waals surface area contributed by atoms with E-state index in [1.54, 1.807) is 13.0 Å². The quantitative estimate of drug-likeness (QED) is 0.919. The summed E-state index contributed by atoms with van der Waals surface area (Å²) < 4.78 is 32.9. The maximum absolute atomic E-state index is 14.6. The molecule has 2 atom stereocenters. The number of morpholine rings is 1. The average Bonchev–Trinajstić information content (AvgIpc) is 2.34. The van der Waals surface area contributed by atoms with E-state index in [2.05, 4.69) is 5.32 Å². The van der Waals surface area contributed by atoms with Gasteiger partial charge in [0.2, 0.25) is 0 Å². The Morgan fingerprint density at radius 2 is 2.32 bits per heavy atom. The number of rotatable bonds is 4. The highest BCUT2D eigenvalue weighted by molar-refractivity contribution is 6.30. The van der Waals surface area contributed by atoms with Crippen molar-refractivity contribution in [3.63, 3.8) is 0 Å². The number of nitrogens with one attached hydrogen (secondary N) is 1. The molecule has 1 aliphatic heterocycles. The molecule has 0 spiro atoms. The number of benzene rings is 1. The second kappa shape index (κ2) is 6.16. The average molecular weight is 290 g/mol. The van der Waals surface area contributed by atoms with Crippen molar-refractivity contribution in [2.24, 2.45) is 0 Å². The van der Waals surface area contributed by atoms with Gasteiger partial charge in [0.05, 0.1) is 18.2 Å². The van der Waals surface area contributed by atoms with Crippen LogP contribution >= 0.6 is 11.6 Å². The Balaban J connectivity index is 1.96. The standard InChI is InChI=1S/C14H18ClF2NO/c1-14(17,8-11-9-19-5-4-18-11)7-10-2-3-13(16)12(15)6-10/h2-3,6,11,18H,4-5,7-9H2,1H3. The molecule has 2 rings (SSSR count). The van der Waals surface area contributed by atoms with Crippen molar-refractivity contribution in [1.82, 2.24) is 5.32 Å². The van der Waals surface area contributed by atoms with Crippen molar-refractivity contribution < 1.29 is 13.5 Å². The largest absolute Gasteiger partial charge is 0.379 e. The second-order valence-corrected chi connectivity index (χ2v) is 5.68. The minimum absolute atomic E-state index is 0.0275. The lowest BCUT2D eigenvalue weighted by Gasteiger charge is -2.30. The molecule has 1 aromatic rings. The van der Waals surface area contributed by atoms with E-state index in [4.69, 9.17) is 16.3 Å². The lowest BCUT2D eigenvalue weighted by atomic mass is 9.91. The molecular formula is C14H18ClF2NO. The summed E-state index contributed by atoms with van der Waals surface area (Å²) >= 11 is 5.70. The normalized spacial score (nSPS) is 23.1. The molecule has 1 aromatic carbocycles. The first-order valence-corrected chi connectivity index (χ1v) is 6.78. The van der Waals surface area contributed by atoms with Crippen molar-refractivity contribution >= 4 is 11.6 Å². The first-order valence-electron chi connectivity index (χ1n) is 6.40. The lowest BCUT2D eigenvalue weighted by Crippen LogP contribution is -2.45. The maximum Gasteiger partial charge on any atom is 0.141 e. The molecule has 1 saturated heterocycles. The van der Waals surface area contributed by atoms with Crippen LogP contribution in [0.3, 0.4) is 0 Å². The van der Waals surface area contributed by atoms with E-state index >= 15 is 0 Å². The van der Waals surface area contributed by atoms with Crippen molar-refractivity contribution in [2.45, 2.75) is 31.5 Å². The van der Waals surface area contributed by atoms with Gasteiger partial charge in [0.1, 0.15) is 11.5 Å². The Hall–Kier alpha value is -0.710. The molecule has 2 nitrogen and oxygen atoms in total. The van der Waals surface area contributed by atoms with Crippen molar-refractivity contribution in [1.29, 1.82) is 0 Å². The third kappa shape index (κ3) is 4.41. The van der Waals surface area contributed by atoms with Gasteiger partial charge in [0, 0.05) is 19.0 Å². The Bertz CT molecular complexity index is 433. The van der Waals surface area contributed by atoms with Gasteiger partial charge in [-0.05, 0) is 31.0 Å². The summed E-state index contributed by atoms with van der Waals surface area (Å²) in [6.45, 7) is 3.51. The van der Waals surface area contributed by atoms with Gasteiger partial charge in [-0.1, -0.05) is 17.7 Å². The Labute approximate surface area is 117 Å². The second-order valence-electron chi connectivity index (χ2n) is 5.27. The zero-order valence-corrected chi connectivity index (χ0v) is 11.6. The van der Waals surface area contributed by atoms with Crippen LogP contribution in [0.1, 0.15) is 18.9 Å². The van der Waals surface area contributed by atoms with Crippen LogP contribution in [0.5, 0.6) is 0 Å². The smallest absolute Gasteiger partial charge is 0.141 e. The van der Waals surface area contributed by atoms with Crippen LogP contribution in [-0.2, 0) is 11.2 Å². The van der Waals surface area contributed by atoms with Gasteiger partial charge in [-0.2, -0.15) is 0 Å². The van der Waals surface area contributed by atoms with Crippen LogP contribution < -0.4 is 5.32 Å². The first-order chi connectivity index (χ1) is 8.96. The van der Waals surface area contributed by atoms with Gasteiger partial charge in [-0.3, -0.25) is 0 Å². The van der Waals surface area contributed by atoms with Gasteiger partial charge in [-0.25, -0.2) is 8.78 Å². The highest BCUT2D eigenvalue weighted by Gasteiger charge is 2.29. The molecule has 106 valence electrons. The monoisotopic (exact) mass is 289 g/mol. The summed E-state index contributed by atoms with van der Waals surface area (Å²) in [4.78, 5) is 0. The Kier molecular flexibility index (Phi) is 4.76. The molecule has 1 N–H and O–H groups in total. The van der Waals surface area contributed by atoms with E-state index in [0.29, 0.717) is 25.2 Å². The number of hydrogen-bond donors (Lipinski definition) is 1. The topological polar surface area (TPSA) is 21.3 Å². The maximum atomic E-state index is 14.6. The molecule has 0 aromatic heterocycles. The molecule has 0 saturated carbocycles. The van der Waals surface area contributed by atoms with E-state index in [0.717, 1.165) is 6.54 Å². The fourth-order valence-electron chi connectivity index (χ4n) is 2.41. The fraction of sp³-hybridized carbons (Fsp3) is 0.571. The van der Waals surface area contributed by atoms with Crippen LogP contribution in [0.2, 0.25) is 5.02 Å². The van der Waals surface area contributed by atoms with Crippen molar-refractivity contribution in [3.8, 4) is 0 Å². The zero-order valence-electron chi connectivity index (χ0n) is 10.9. The van der Waals surface area contributed by atoms with Crippen LogP contribution in [-0.4, -0.2) is 31.5 Å². The number of hydrogen-bond acceptors (Lipinski definition) is 2. The Morgan fingerprint density at radius 3 is 2.95 bits per heavy atom. The molecule has 0 amide bonds. The molecular weight excluding hydrogens is 272 g/mol. The lowest BCUT2D eigenvalue weighted by molar-refractivity contribution is 0.0483. The van der Waals surface area contributed by atoms with E-state index in [1.165, 1.54) is 12.1 Å². The molecule has 19 heavy (non-hydrogen) atoms. The van der Waals surface area contributed by atoms with Crippen LogP contribution in [0, 0.1) is 5.82 Å². The van der Waals surface area contributed by atoms with Gasteiger partial charge in [0.25, 0.3) is 0 Å². The minimum Gasteiger partial charge on any atom is -0.379 e.